The van der Waals surface area contributed by atoms with Gasteiger partial charge in [0.25, 0.3) is 0 Å². The monoisotopic (exact) mass is 325 g/mol. The number of carbonyl (C=O) groups excluding carboxylic acids is 1. The summed E-state index contributed by atoms with van der Waals surface area (Å²) in [4.78, 5) is 11.1. The quantitative estimate of drug-likeness (QED) is 0.818. The molecule has 1 aromatic rings. The highest BCUT2D eigenvalue weighted by molar-refractivity contribution is 5.77. The molecule has 1 aromatic carbocycles. The van der Waals surface area contributed by atoms with E-state index in [-0.39, 0.29) is 25.3 Å². The summed E-state index contributed by atoms with van der Waals surface area (Å²) >= 11 is 0. The van der Waals surface area contributed by atoms with Crippen molar-refractivity contribution < 1.29 is 18.0 Å². The maximum Gasteiger partial charge on any atom is 0.405 e. The lowest BCUT2D eigenvalue weighted by atomic mass is 10.0. The smallest absolute Gasteiger partial charge is 0.288 e. The Kier molecular flexibility index (Phi) is 5.61. The summed E-state index contributed by atoms with van der Waals surface area (Å²) in [5.74, 6) is -0.373. The molecule has 2 rings (SSSR count). The van der Waals surface area contributed by atoms with Crippen LogP contribution < -0.4 is 5.43 Å². The lowest BCUT2D eigenvalue weighted by molar-refractivity contribution is -0.190. The van der Waals surface area contributed by atoms with E-state index in [1.54, 1.807) is 12.1 Å². The fraction of sp³-hybridized carbons (Fsp3) is 0.500. The second-order valence-corrected chi connectivity index (χ2v) is 5.55. The highest BCUT2D eigenvalue weighted by Gasteiger charge is 2.45. The molecular formula is C16H18F3N3O. The van der Waals surface area contributed by atoms with Crippen LogP contribution in [0.15, 0.2) is 24.3 Å². The molecule has 0 aromatic heterocycles. The maximum atomic E-state index is 13.1. The van der Waals surface area contributed by atoms with Crippen LogP contribution in [0.4, 0.5) is 13.2 Å². The van der Waals surface area contributed by atoms with Gasteiger partial charge in [0.05, 0.1) is 11.6 Å². The van der Waals surface area contributed by atoms with Gasteiger partial charge in [0.1, 0.15) is 6.04 Å². The number of aryl methyl sites for hydroxylation is 1. The highest BCUT2D eigenvalue weighted by Crippen LogP contribution is 2.29. The van der Waals surface area contributed by atoms with Gasteiger partial charge >= 0.3 is 6.18 Å². The van der Waals surface area contributed by atoms with Crippen molar-refractivity contribution in [3.05, 3.63) is 35.4 Å². The highest BCUT2D eigenvalue weighted by atomic mass is 19.4. The standard InChI is InChI=1S/C16H18F3N3O/c17-16(18,19)14(22-10-9-15(23)21-22)8-4-3-6-12-5-1-2-7-13(12)11-20/h1-2,5,7,14H,3-4,6,8-10H2,(H,21,23). The molecular weight excluding hydrogens is 307 g/mol. The first kappa shape index (κ1) is 17.3. The molecule has 1 unspecified atom stereocenters. The third-order valence-corrected chi connectivity index (χ3v) is 3.91. The number of nitrogens with zero attached hydrogens (tertiary/aromatic N) is 2. The molecule has 1 amide bonds. The summed E-state index contributed by atoms with van der Waals surface area (Å²) in [7, 11) is 0. The van der Waals surface area contributed by atoms with E-state index in [9.17, 15) is 18.0 Å². The van der Waals surface area contributed by atoms with Gasteiger partial charge in [0.2, 0.25) is 5.91 Å². The molecule has 1 fully saturated rings. The van der Waals surface area contributed by atoms with E-state index in [1.807, 2.05) is 12.1 Å². The fourth-order valence-electron chi connectivity index (χ4n) is 2.72. The van der Waals surface area contributed by atoms with E-state index in [1.165, 1.54) is 0 Å². The largest absolute Gasteiger partial charge is 0.405 e. The van der Waals surface area contributed by atoms with Crippen LogP contribution in [-0.2, 0) is 11.2 Å². The van der Waals surface area contributed by atoms with Crippen LogP contribution in [-0.4, -0.2) is 29.7 Å². The summed E-state index contributed by atoms with van der Waals surface area (Å²) in [6.45, 7) is 0.0836. The molecule has 0 radical (unpaired) electrons. The average molecular weight is 325 g/mol. The minimum Gasteiger partial charge on any atom is -0.288 e. The Bertz CT molecular complexity index is 595. The van der Waals surface area contributed by atoms with Crippen LogP contribution in [0.3, 0.4) is 0 Å². The van der Waals surface area contributed by atoms with Gasteiger partial charge in [-0.1, -0.05) is 24.6 Å². The van der Waals surface area contributed by atoms with Crippen molar-refractivity contribution in [3.63, 3.8) is 0 Å². The SMILES string of the molecule is N#Cc1ccccc1CCCCC(N1CCC(=O)N1)C(F)(F)F. The molecule has 1 aliphatic heterocycles. The molecule has 0 spiro atoms. The van der Waals surface area contributed by atoms with Crippen LogP contribution in [0, 0.1) is 11.3 Å². The molecule has 1 saturated heterocycles. The molecule has 124 valence electrons. The van der Waals surface area contributed by atoms with E-state index in [0.29, 0.717) is 24.8 Å². The van der Waals surface area contributed by atoms with Crippen molar-refractivity contribution >= 4 is 5.91 Å². The average Bonchev–Trinajstić information content (AvgIpc) is 2.92. The molecule has 0 saturated carbocycles. The van der Waals surface area contributed by atoms with Crippen LogP contribution in [0.1, 0.15) is 36.8 Å². The summed E-state index contributed by atoms with van der Waals surface area (Å²) < 4.78 is 39.4. The van der Waals surface area contributed by atoms with Crippen molar-refractivity contribution in [1.29, 1.82) is 5.26 Å². The Hall–Kier alpha value is -2.07. The van der Waals surface area contributed by atoms with Crippen LogP contribution in [0.5, 0.6) is 0 Å². The first-order chi connectivity index (χ1) is 10.9. The number of amides is 1. The Balaban J connectivity index is 1.87. The number of hydrogen-bond donors (Lipinski definition) is 1. The van der Waals surface area contributed by atoms with Crippen molar-refractivity contribution in [3.8, 4) is 6.07 Å². The lowest BCUT2D eigenvalue weighted by Gasteiger charge is -2.28. The molecule has 0 bridgehead atoms. The van der Waals surface area contributed by atoms with Gasteiger partial charge in [0, 0.05) is 13.0 Å². The summed E-state index contributed by atoms with van der Waals surface area (Å²) in [5.41, 5.74) is 3.69. The van der Waals surface area contributed by atoms with Crippen LogP contribution >= 0.6 is 0 Å². The number of halogens is 3. The van der Waals surface area contributed by atoms with Gasteiger partial charge in [-0.05, 0) is 30.9 Å². The number of unbranched alkanes of at least 4 members (excludes halogenated alkanes) is 1. The third-order valence-electron chi connectivity index (χ3n) is 3.91. The third kappa shape index (κ3) is 4.70. The molecule has 1 atom stereocenters. The van der Waals surface area contributed by atoms with Crippen LogP contribution in [0.25, 0.3) is 0 Å². The molecule has 7 heteroatoms. The molecule has 1 N–H and O–H groups in total. The zero-order valence-electron chi connectivity index (χ0n) is 12.6. The van der Waals surface area contributed by atoms with Crippen molar-refractivity contribution in [1.82, 2.24) is 10.4 Å². The molecule has 23 heavy (non-hydrogen) atoms. The first-order valence-corrected chi connectivity index (χ1v) is 7.52. The minimum atomic E-state index is -4.37. The van der Waals surface area contributed by atoms with Crippen LogP contribution in [0.2, 0.25) is 0 Å². The van der Waals surface area contributed by atoms with Crippen molar-refractivity contribution in [2.24, 2.45) is 0 Å². The fourth-order valence-corrected chi connectivity index (χ4v) is 2.72. The van der Waals surface area contributed by atoms with Gasteiger partial charge in [-0.2, -0.15) is 18.4 Å². The van der Waals surface area contributed by atoms with Crippen molar-refractivity contribution in [2.75, 3.05) is 6.54 Å². The Labute approximate surface area is 132 Å². The maximum absolute atomic E-state index is 13.1. The van der Waals surface area contributed by atoms with E-state index < -0.39 is 12.2 Å². The molecule has 1 heterocycles. The Morgan fingerprint density at radius 1 is 1.30 bits per heavy atom. The number of nitriles is 1. The second-order valence-electron chi connectivity index (χ2n) is 5.55. The summed E-state index contributed by atoms with van der Waals surface area (Å²) in [6, 6.07) is 7.53. The molecule has 4 nitrogen and oxygen atoms in total. The van der Waals surface area contributed by atoms with E-state index in [4.69, 9.17) is 5.26 Å². The van der Waals surface area contributed by atoms with E-state index >= 15 is 0 Å². The van der Waals surface area contributed by atoms with Gasteiger partial charge in [-0.25, -0.2) is 5.01 Å². The Morgan fingerprint density at radius 2 is 2.04 bits per heavy atom. The number of rotatable bonds is 6. The van der Waals surface area contributed by atoms with Gasteiger partial charge in [0.15, 0.2) is 0 Å². The summed E-state index contributed by atoms with van der Waals surface area (Å²) in [5, 5.41) is 9.98. The van der Waals surface area contributed by atoms with Gasteiger partial charge < -0.3 is 0 Å². The predicted octanol–water partition coefficient (Wildman–Crippen LogP) is 2.94. The number of hydrogen-bond acceptors (Lipinski definition) is 3. The van der Waals surface area contributed by atoms with Crippen molar-refractivity contribution in [2.45, 2.75) is 44.3 Å². The number of alkyl halides is 3. The minimum absolute atomic E-state index is 0.0709. The number of nitrogens with one attached hydrogen (secondary N) is 1. The molecule has 1 aliphatic rings. The Morgan fingerprint density at radius 3 is 2.65 bits per heavy atom. The molecule has 0 aliphatic carbocycles. The second kappa shape index (κ2) is 7.47. The summed E-state index contributed by atoms with van der Waals surface area (Å²) in [6.07, 6.45) is -2.84. The zero-order chi connectivity index (χ0) is 16.9. The van der Waals surface area contributed by atoms with E-state index in [0.717, 1.165) is 10.6 Å². The topological polar surface area (TPSA) is 56.1 Å². The zero-order valence-corrected chi connectivity index (χ0v) is 12.6. The number of hydrazine groups is 1. The normalized spacial score (nSPS) is 16.9. The van der Waals surface area contributed by atoms with E-state index in [2.05, 4.69) is 11.5 Å². The first-order valence-electron chi connectivity index (χ1n) is 7.52. The lowest BCUT2D eigenvalue weighted by Crippen LogP contribution is -2.49. The van der Waals surface area contributed by atoms with Gasteiger partial charge in [-0.15, -0.1) is 0 Å². The number of carbonyl (C=O) groups is 1. The number of benzene rings is 1. The predicted molar refractivity (Wildman–Crippen MR) is 78.0 cm³/mol. The van der Waals surface area contributed by atoms with Gasteiger partial charge in [-0.3, -0.25) is 10.2 Å².